The van der Waals surface area contributed by atoms with Crippen molar-refractivity contribution in [3.63, 3.8) is 0 Å². The summed E-state index contributed by atoms with van der Waals surface area (Å²) in [6, 6.07) is 15.6. The zero-order valence-electron chi connectivity index (χ0n) is 17.5. The smallest absolute Gasteiger partial charge is 0.228 e. The first-order valence-corrected chi connectivity index (χ1v) is 13.4. The Labute approximate surface area is 167 Å². The molecule has 0 bridgehead atoms. The van der Waals surface area contributed by atoms with Crippen LogP contribution in [0.3, 0.4) is 0 Å². The summed E-state index contributed by atoms with van der Waals surface area (Å²) in [6.07, 6.45) is 2.16. The van der Waals surface area contributed by atoms with Crippen LogP contribution >= 0.6 is 0 Å². The minimum absolute atomic E-state index is 0.958. The van der Waals surface area contributed by atoms with Crippen LogP contribution in [0.1, 0.15) is 11.1 Å². The molecule has 0 spiro atoms. The van der Waals surface area contributed by atoms with Crippen LogP contribution in [0.4, 0.5) is 0 Å². The van der Waals surface area contributed by atoms with E-state index < -0.39 is 8.07 Å². The first-order chi connectivity index (χ1) is 13.3. The van der Waals surface area contributed by atoms with Crippen LogP contribution in [0.2, 0.25) is 19.6 Å². The standard InChI is InChI=1S/C25H26NOSi/c1-15-19-11-10-18(28(4,5)6)14-20(19)16(2)25-22(15)24-23-17(12-13-26(24)3)8-7-9-21(23)27-25/h7-14H,1-6H3/q+1. The second-order valence-electron chi connectivity index (χ2n) is 9.06. The highest BCUT2D eigenvalue weighted by molar-refractivity contribution is 6.88. The third-order valence-corrected chi connectivity index (χ3v) is 8.25. The van der Waals surface area contributed by atoms with Crippen molar-refractivity contribution in [2.24, 2.45) is 7.05 Å². The molecule has 140 valence electrons. The molecule has 28 heavy (non-hydrogen) atoms. The van der Waals surface area contributed by atoms with Crippen molar-refractivity contribution in [1.29, 1.82) is 0 Å². The molecule has 0 amide bonds. The SMILES string of the molecule is Cc1c2c(c(C)c3ccc([Si](C)(C)C)cc13)-c1c3c(cccc3cc[n+]1C)O2. The van der Waals surface area contributed by atoms with Crippen LogP contribution < -0.4 is 14.5 Å². The number of ether oxygens (including phenoxy) is 1. The summed E-state index contributed by atoms with van der Waals surface area (Å²) < 4.78 is 8.79. The number of aromatic nitrogens is 1. The Bertz CT molecular complexity index is 1300. The molecular weight excluding hydrogens is 358 g/mol. The topological polar surface area (TPSA) is 13.1 Å². The average Bonchev–Trinajstić information content (AvgIpc) is 2.67. The van der Waals surface area contributed by atoms with Gasteiger partial charge in [0, 0.05) is 11.6 Å². The van der Waals surface area contributed by atoms with Crippen molar-refractivity contribution in [1.82, 2.24) is 0 Å². The minimum atomic E-state index is -1.38. The molecule has 0 saturated heterocycles. The van der Waals surface area contributed by atoms with Crippen LogP contribution in [0, 0.1) is 13.8 Å². The summed E-state index contributed by atoms with van der Waals surface area (Å²) in [5.74, 6) is 1.97. The van der Waals surface area contributed by atoms with Gasteiger partial charge in [0.05, 0.1) is 19.0 Å². The van der Waals surface area contributed by atoms with Gasteiger partial charge in [0.1, 0.15) is 18.5 Å². The Morgan fingerprint density at radius 1 is 0.893 bits per heavy atom. The van der Waals surface area contributed by atoms with E-state index in [0.717, 1.165) is 11.5 Å². The quantitative estimate of drug-likeness (QED) is 0.265. The normalized spacial score (nSPS) is 12.9. The lowest BCUT2D eigenvalue weighted by molar-refractivity contribution is -0.659. The predicted octanol–water partition coefficient (Wildman–Crippen LogP) is 5.75. The van der Waals surface area contributed by atoms with Crippen molar-refractivity contribution in [2.45, 2.75) is 33.5 Å². The van der Waals surface area contributed by atoms with Crippen LogP contribution in [0.25, 0.3) is 32.8 Å². The van der Waals surface area contributed by atoms with E-state index in [0.29, 0.717) is 0 Å². The zero-order valence-corrected chi connectivity index (χ0v) is 18.5. The van der Waals surface area contributed by atoms with E-state index in [9.17, 15) is 0 Å². The monoisotopic (exact) mass is 384 g/mol. The van der Waals surface area contributed by atoms with E-state index in [1.54, 1.807) is 0 Å². The van der Waals surface area contributed by atoms with Crippen molar-refractivity contribution < 1.29 is 9.30 Å². The first-order valence-electron chi connectivity index (χ1n) is 9.94. The van der Waals surface area contributed by atoms with Crippen LogP contribution in [0.15, 0.2) is 48.7 Å². The van der Waals surface area contributed by atoms with Gasteiger partial charge in [0.25, 0.3) is 0 Å². The Kier molecular flexibility index (Phi) is 3.54. The second-order valence-corrected chi connectivity index (χ2v) is 14.1. The molecule has 0 radical (unpaired) electrons. The van der Waals surface area contributed by atoms with E-state index >= 15 is 0 Å². The Morgan fingerprint density at radius 2 is 1.68 bits per heavy atom. The highest BCUT2D eigenvalue weighted by Gasteiger charge is 2.31. The molecule has 3 heteroatoms. The van der Waals surface area contributed by atoms with E-state index in [4.69, 9.17) is 4.74 Å². The van der Waals surface area contributed by atoms with Crippen LogP contribution in [-0.2, 0) is 7.05 Å². The van der Waals surface area contributed by atoms with E-state index in [-0.39, 0.29) is 0 Å². The highest BCUT2D eigenvalue weighted by Crippen LogP contribution is 2.49. The first kappa shape index (κ1) is 17.4. The Morgan fingerprint density at radius 3 is 2.43 bits per heavy atom. The van der Waals surface area contributed by atoms with Gasteiger partial charge < -0.3 is 4.74 Å². The molecule has 1 aliphatic rings. The molecule has 0 unspecified atom stereocenters. The number of nitrogens with zero attached hydrogens (tertiary/aromatic N) is 1. The van der Waals surface area contributed by atoms with E-state index in [1.807, 2.05) is 0 Å². The number of hydrogen-bond donors (Lipinski definition) is 0. The number of pyridine rings is 1. The molecular formula is C25H26NOSi+. The maximum atomic E-state index is 6.55. The summed E-state index contributed by atoms with van der Waals surface area (Å²) in [6.45, 7) is 11.7. The Balaban J connectivity index is 1.94. The van der Waals surface area contributed by atoms with E-state index in [2.05, 4.69) is 93.8 Å². The van der Waals surface area contributed by atoms with Gasteiger partial charge in [0.2, 0.25) is 5.69 Å². The molecule has 3 aromatic carbocycles. The van der Waals surface area contributed by atoms with Crippen molar-refractivity contribution in [3.8, 4) is 22.8 Å². The fourth-order valence-electron chi connectivity index (χ4n) is 4.56. The molecule has 0 fully saturated rings. The molecule has 1 aliphatic heterocycles. The lowest BCUT2D eigenvalue weighted by atomic mass is 9.89. The van der Waals surface area contributed by atoms with Gasteiger partial charge in [-0.15, -0.1) is 0 Å². The number of hydrogen-bond acceptors (Lipinski definition) is 1. The van der Waals surface area contributed by atoms with Gasteiger partial charge >= 0.3 is 0 Å². The summed E-state index contributed by atoms with van der Waals surface area (Å²) in [5.41, 5.74) is 5.03. The van der Waals surface area contributed by atoms with Gasteiger partial charge in [-0.25, -0.2) is 4.57 Å². The number of rotatable bonds is 1. The molecule has 1 aromatic heterocycles. The second kappa shape index (κ2) is 5.68. The summed E-state index contributed by atoms with van der Waals surface area (Å²) in [4.78, 5) is 0. The van der Waals surface area contributed by atoms with Gasteiger partial charge in [-0.05, 0) is 41.6 Å². The lowest BCUT2D eigenvalue weighted by Gasteiger charge is -2.25. The van der Waals surface area contributed by atoms with Gasteiger partial charge in [-0.2, -0.15) is 0 Å². The minimum Gasteiger partial charge on any atom is -0.455 e. The molecule has 0 aliphatic carbocycles. The lowest BCUT2D eigenvalue weighted by Crippen LogP contribution is -2.37. The number of benzene rings is 3. The molecule has 2 heterocycles. The summed E-state index contributed by atoms with van der Waals surface area (Å²) in [5, 5.41) is 6.58. The molecule has 2 nitrogen and oxygen atoms in total. The van der Waals surface area contributed by atoms with Gasteiger partial charge in [-0.1, -0.05) is 55.2 Å². The summed E-state index contributed by atoms with van der Waals surface area (Å²) >= 11 is 0. The van der Waals surface area contributed by atoms with Crippen molar-refractivity contribution in [2.75, 3.05) is 0 Å². The summed E-state index contributed by atoms with van der Waals surface area (Å²) in [7, 11) is 0.756. The fourth-order valence-corrected chi connectivity index (χ4v) is 5.72. The number of fused-ring (bicyclic) bond motifs is 3. The van der Waals surface area contributed by atoms with Crippen molar-refractivity contribution in [3.05, 3.63) is 59.8 Å². The van der Waals surface area contributed by atoms with E-state index in [1.165, 1.54) is 49.1 Å². The van der Waals surface area contributed by atoms with Gasteiger partial charge in [0.15, 0.2) is 6.20 Å². The van der Waals surface area contributed by atoms with Crippen LogP contribution in [0.5, 0.6) is 11.5 Å². The third kappa shape index (κ3) is 2.29. The Hall–Kier alpha value is -2.65. The molecule has 4 aromatic rings. The molecule has 0 N–H and O–H groups in total. The molecule has 0 atom stereocenters. The third-order valence-electron chi connectivity index (χ3n) is 6.21. The zero-order chi connectivity index (χ0) is 19.8. The maximum Gasteiger partial charge on any atom is 0.228 e. The molecule has 0 saturated carbocycles. The highest BCUT2D eigenvalue weighted by atomic mass is 28.3. The van der Waals surface area contributed by atoms with Crippen molar-refractivity contribution >= 4 is 34.8 Å². The maximum absolute atomic E-state index is 6.55. The van der Waals surface area contributed by atoms with Gasteiger partial charge in [-0.3, -0.25) is 0 Å². The van der Waals surface area contributed by atoms with Crippen LogP contribution in [-0.4, -0.2) is 8.07 Å². The predicted molar refractivity (Wildman–Crippen MR) is 121 cm³/mol. The largest absolute Gasteiger partial charge is 0.455 e. The average molecular weight is 385 g/mol. The number of aryl methyl sites for hydroxylation is 3. The molecule has 5 rings (SSSR count). The fraction of sp³-hybridized carbons (Fsp3) is 0.240.